The predicted octanol–water partition coefficient (Wildman–Crippen LogP) is 4.45. The van der Waals surface area contributed by atoms with E-state index >= 15 is 0 Å². The summed E-state index contributed by atoms with van der Waals surface area (Å²) in [6.07, 6.45) is 3.35. The highest BCUT2D eigenvalue weighted by Crippen LogP contribution is 2.39. The van der Waals surface area contributed by atoms with Crippen LogP contribution in [-0.4, -0.2) is 36.3 Å². The molecule has 0 spiro atoms. The van der Waals surface area contributed by atoms with Crippen LogP contribution in [0.25, 0.3) is 0 Å². The summed E-state index contributed by atoms with van der Waals surface area (Å²) in [7, 11) is 0. The Balaban J connectivity index is 1.64. The lowest BCUT2D eigenvalue weighted by Crippen LogP contribution is -2.39. The van der Waals surface area contributed by atoms with Crippen molar-refractivity contribution in [3.05, 3.63) is 45.6 Å². The molecule has 3 rings (SSSR count). The summed E-state index contributed by atoms with van der Waals surface area (Å²) in [5.74, 6) is -5.01. The van der Waals surface area contributed by atoms with E-state index in [9.17, 15) is 28.0 Å². The predicted molar refractivity (Wildman–Crippen MR) is 121 cm³/mol. The van der Waals surface area contributed by atoms with Gasteiger partial charge in [0.05, 0.1) is 24.3 Å². The Labute approximate surface area is 194 Å². The van der Waals surface area contributed by atoms with Crippen LogP contribution in [0.1, 0.15) is 42.7 Å². The van der Waals surface area contributed by atoms with Gasteiger partial charge in [-0.2, -0.15) is 5.26 Å². The fraction of sp³-hybridized carbons (Fsp3) is 0.435. The number of amides is 2. The van der Waals surface area contributed by atoms with Gasteiger partial charge in [0.2, 0.25) is 11.8 Å². The first-order valence-corrected chi connectivity index (χ1v) is 11.5. The third kappa shape index (κ3) is 5.92. The second-order valence-electron chi connectivity index (χ2n) is 8.20. The van der Waals surface area contributed by atoms with Crippen LogP contribution < -0.4 is 10.6 Å². The van der Waals surface area contributed by atoms with Crippen molar-refractivity contribution in [2.45, 2.75) is 39.5 Å². The van der Waals surface area contributed by atoms with Gasteiger partial charge in [-0.25, -0.2) is 13.2 Å². The van der Waals surface area contributed by atoms with Gasteiger partial charge in [-0.15, -0.1) is 11.3 Å². The van der Waals surface area contributed by atoms with Crippen molar-refractivity contribution in [3.63, 3.8) is 0 Å². The lowest BCUT2D eigenvalue weighted by Gasteiger charge is -2.20. The third-order valence-electron chi connectivity index (χ3n) is 5.46. The second-order valence-corrected chi connectivity index (χ2v) is 9.30. The molecule has 1 aromatic heterocycles. The molecule has 0 bridgehead atoms. The number of anilines is 2. The fourth-order valence-corrected chi connectivity index (χ4v) is 5.25. The first-order valence-electron chi connectivity index (χ1n) is 10.7. The molecule has 1 aliphatic carbocycles. The zero-order valence-corrected chi connectivity index (χ0v) is 19.3. The average Bonchev–Trinajstić information content (AvgIpc) is 3.09. The Morgan fingerprint density at radius 2 is 1.88 bits per heavy atom. The molecule has 33 heavy (non-hydrogen) atoms. The normalized spacial score (nSPS) is 15.1. The molecular formula is C23H25F3N4O2S. The molecule has 2 aromatic rings. The van der Waals surface area contributed by atoms with E-state index in [1.807, 2.05) is 6.92 Å². The molecule has 10 heteroatoms. The lowest BCUT2D eigenvalue weighted by molar-refractivity contribution is -0.120. The maximum atomic E-state index is 13.8. The minimum Gasteiger partial charge on any atom is -0.322 e. The first-order chi connectivity index (χ1) is 15.7. The van der Waals surface area contributed by atoms with E-state index in [0.717, 1.165) is 41.8 Å². The first kappa shape index (κ1) is 24.7. The largest absolute Gasteiger partial charge is 0.322 e. The Morgan fingerprint density at radius 1 is 1.18 bits per heavy atom. The van der Waals surface area contributed by atoms with Crippen molar-refractivity contribution in [3.8, 4) is 6.07 Å². The molecule has 1 heterocycles. The maximum Gasteiger partial charge on any atom is 0.239 e. The summed E-state index contributed by atoms with van der Waals surface area (Å²) in [4.78, 5) is 27.7. The number of rotatable bonds is 8. The number of halogens is 3. The standard InChI is InChI=1S/C23H25F3N4O2S/c1-3-8-30(11-19(31)28-17-7-6-16(24)21(25)22(17)26)12-20(32)29-23-15(10-27)14-5-4-13(2)9-18(14)33-23/h6-7,13H,3-5,8-9,11-12H2,1-2H3,(H,28,31)(H,29,32). The number of fused-ring (bicyclic) bond motifs is 1. The van der Waals surface area contributed by atoms with Gasteiger partial charge >= 0.3 is 0 Å². The van der Waals surface area contributed by atoms with Gasteiger partial charge < -0.3 is 10.6 Å². The topological polar surface area (TPSA) is 85.2 Å². The highest BCUT2D eigenvalue weighted by atomic mass is 32.1. The van der Waals surface area contributed by atoms with Crippen LogP contribution in [-0.2, 0) is 22.4 Å². The number of thiophene rings is 1. The number of carbonyl (C=O) groups is 2. The Morgan fingerprint density at radius 3 is 2.55 bits per heavy atom. The molecule has 1 atom stereocenters. The molecule has 6 nitrogen and oxygen atoms in total. The Hall–Kier alpha value is -2.90. The van der Waals surface area contributed by atoms with Crippen LogP contribution in [0.2, 0.25) is 0 Å². The van der Waals surface area contributed by atoms with Crippen molar-refractivity contribution < 1.29 is 22.8 Å². The summed E-state index contributed by atoms with van der Waals surface area (Å²) in [5.41, 5.74) is 1.04. The van der Waals surface area contributed by atoms with E-state index < -0.39 is 29.0 Å². The van der Waals surface area contributed by atoms with E-state index in [1.165, 1.54) is 11.3 Å². The minimum atomic E-state index is -1.67. The molecule has 2 N–H and O–H groups in total. The molecule has 0 saturated carbocycles. The van der Waals surface area contributed by atoms with Crippen molar-refractivity contribution >= 4 is 33.8 Å². The van der Waals surface area contributed by atoms with Crippen molar-refractivity contribution in [1.29, 1.82) is 5.26 Å². The quantitative estimate of drug-likeness (QED) is 0.549. The molecule has 0 saturated heterocycles. The van der Waals surface area contributed by atoms with E-state index in [1.54, 1.807) is 4.90 Å². The molecular weight excluding hydrogens is 453 g/mol. The van der Waals surface area contributed by atoms with Crippen LogP contribution in [0.4, 0.5) is 23.9 Å². The zero-order valence-electron chi connectivity index (χ0n) is 18.4. The molecule has 176 valence electrons. The van der Waals surface area contributed by atoms with Crippen molar-refractivity contribution in [2.24, 2.45) is 5.92 Å². The van der Waals surface area contributed by atoms with Crippen LogP contribution in [0.15, 0.2) is 12.1 Å². The number of carbonyl (C=O) groups excluding carboxylic acids is 2. The fourth-order valence-electron chi connectivity index (χ4n) is 3.87. The van der Waals surface area contributed by atoms with Gasteiger partial charge in [-0.05, 0) is 55.8 Å². The van der Waals surface area contributed by atoms with Gasteiger partial charge in [0.1, 0.15) is 11.1 Å². The number of nitrogens with one attached hydrogen (secondary N) is 2. The second kappa shape index (κ2) is 10.8. The van der Waals surface area contributed by atoms with Crippen molar-refractivity contribution in [1.82, 2.24) is 4.90 Å². The van der Waals surface area contributed by atoms with E-state index in [-0.39, 0.29) is 19.0 Å². The van der Waals surface area contributed by atoms with Crippen molar-refractivity contribution in [2.75, 3.05) is 30.3 Å². The van der Waals surface area contributed by atoms with Gasteiger partial charge in [0.15, 0.2) is 17.5 Å². The monoisotopic (exact) mass is 478 g/mol. The minimum absolute atomic E-state index is 0.120. The molecule has 2 amide bonds. The van der Waals surface area contributed by atoms with Crippen LogP contribution in [0.5, 0.6) is 0 Å². The highest BCUT2D eigenvalue weighted by molar-refractivity contribution is 7.16. The van der Waals surface area contributed by atoms with Gasteiger partial charge in [-0.1, -0.05) is 13.8 Å². The van der Waals surface area contributed by atoms with Gasteiger partial charge in [0, 0.05) is 4.88 Å². The summed E-state index contributed by atoms with van der Waals surface area (Å²) < 4.78 is 40.3. The number of nitriles is 1. The summed E-state index contributed by atoms with van der Waals surface area (Å²) in [6, 6.07) is 3.86. The number of nitrogens with zero attached hydrogens (tertiary/aromatic N) is 2. The molecule has 1 unspecified atom stereocenters. The summed E-state index contributed by atoms with van der Waals surface area (Å²) >= 11 is 1.42. The maximum absolute atomic E-state index is 13.8. The zero-order chi connectivity index (χ0) is 24.1. The number of benzene rings is 1. The number of hydrogen-bond donors (Lipinski definition) is 2. The van der Waals surface area contributed by atoms with Gasteiger partial charge in [-0.3, -0.25) is 14.5 Å². The molecule has 0 aliphatic heterocycles. The SMILES string of the molecule is CCCN(CC(=O)Nc1ccc(F)c(F)c1F)CC(=O)Nc1sc2c(c1C#N)CCC(C)C2. The molecule has 1 aromatic carbocycles. The lowest BCUT2D eigenvalue weighted by atomic mass is 9.89. The van der Waals surface area contributed by atoms with Crippen LogP contribution in [0.3, 0.4) is 0 Å². The smallest absolute Gasteiger partial charge is 0.239 e. The van der Waals surface area contributed by atoms with Crippen LogP contribution >= 0.6 is 11.3 Å². The summed E-state index contributed by atoms with van der Waals surface area (Å²) in [5, 5.41) is 15.1. The van der Waals surface area contributed by atoms with E-state index in [2.05, 4.69) is 23.6 Å². The molecule has 1 aliphatic rings. The van der Waals surface area contributed by atoms with Gasteiger partial charge in [0.25, 0.3) is 0 Å². The number of hydrogen-bond acceptors (Lipinski definition) is 5. The Kier molecular flexibility index (Phi) is 8.10. The summed E-state index contributed by atoms with van der Waals surface area (Å²) in [6.45, 7) is 4.08. The molecule has 0 fully saturated rings. The highest BCUT2D eigenvalue weighted by Gasteiger charge is 2.25. The van der Waals surface area contributed by atoms with E-state index in [4.69, 9.17) is 0 Å². The Bertz CT molecular complexity index is 1100. The average molecular weight is 479 g/mol. The van der Waals surface area contributed by atoms with Crippen LogP contribution in [0, 0.1) is 34.7 Å². The third-order valence-corrected chi connectivity index (χ3v) is 6.63. The van der Waals surface area contributed by atoms with E-state index in [0.29, 0.717) is 29.4 Å². The molecule has 0 radical (unpaired) electrons.